The molecule has 0 radical (unpaired) electrons. The van der Waals surface area contributed by atoms with E-state index in [2.05, 4.69) is 5.32 Å². The number of carbonyl (C=O) groups is 1. The molecule has 1 aliphatic heterocycles. The maximum Gasteiger partial charge on any atom is 0.293 e. The van der Waals surface area contributed by atoms with E-state index in [1.165, 1.54) is 30.1 Å². The summed E-state index contributed by atoms with van der Waals surface area (Å²) in [7, 11) is -1.61. The molecule has 142 valence electrons. The van der Waals surface area contributed by atoms with Crippen LogP contribution in [0.15, 0.2) is 48.5 Å². The smallest absolute Gasteiger partial charge is 0.293 e. The Hall–Kier alpha value is -2.94. The summed E-state index contributed by atoms with van der Waals surface area (Å²) in [6, 6.07) is 12.8. The standard InChI is InChI=1S/C18H19N3O5S/c1-20(15-9-10-27(25,26)12-15)18(22)13-7-8-16(17(11-13)21(23)24)19-14-5-3-2-4-6-14/h2-8,11,15,19H,9-10,12H2,1H3. The zero-order valence-corrected chi connectivity index (χ0v) is 15.5. The zero-order chi connectivity index (χ0) is 19.6. The van der Waals surface area contributed by atoms with Gasteiger partial charge in [0.15, 0.2) is 9.84 Å². The molecule has 1 aliphatic rings. The van der Waals surface area contributed by atoms with E-state index >= 15 is 0 Å². The first-order valence-corrected chi connectivity index (χ1v) is 10.2. The highest BCUT2D eigenvalue weighted by molar-refractivity contribution is 7.91. The highest BCUT2D eigenvalue weighted by atomic mass is 32.2. The molecule has 3 rings (SSSR count). The van der Waals surface area contributed by atoms with Gasteiger partial charge in [-0.3, -0.25) is 14.9 Å². The number of anilines is 2. The number of sulfone groups is 1. The van der Waals surface area contributed by atoms with Crippen LogP contribution in [0.2, 0.25) is 0 Å². The zero-order valence-electron chi connectivity index (χ0n) is 14.7. The molecule has 0 aromatic heterocycles. The number of hydrogen-bond donors (Lipinski definition) is 1. The van der Waals surface area contributed by atoms with Crippen LogP contribution in [0.25, 0.3) is 0 Å². The monoisotopic (exact) mass is 389 g/mol. The molecule has 1 atom stereocenters. The Kier molecular flexibility index (Phi) is 5.13. The average Bonchev–Trinajstić information content (AvgIpc) is 3.01. The van der Waals surface area contributed by atoms with Gasteiger partial charge in [0.05, 0.1) is 16.4 Å². The van der Waals surface area contributed by atoms with Crippen molar-refractivity contribution in [3.05, 3.63) is 64.2 Å². The number of nitro benzene ring substituents is 1. The van der Waals surface area contributed by atoms with Gasteiger partial charge in [-0.2, -0.15) is 0 Å². The quantitative estimate of drug-likeness (QED) is 0.622. The van der Waals surface area contributed by atoms with Crippen LogP contribution >= 0.6 is 0 Å². The first-order chi connectivity index (χ1) is 12.8. The van der Waals surface area contributed by atoms with Crippen LogP contribution in [0.3, 0.4) is 0 Å². The second kappa shape index (κ2) is 7.36. The van der Waals surface area contributed by atoms with Gasteiger partial charge < -0.3 is 10.2 Å². The molecule has 2 aromatic carbocycles. The third-order valence-electron chi connectivity index (χ3n) is 4.57. The fourth-order valence-electron chi connectivity index (χ4n) is 3.05. The second-order valence-corrected chi connectivity index (χ2v) is 8.68. The first-order valence-electron chi connectivity index (χ1n) is 8.35. The fourth-order valence-corrected chi connectivity index (χ4v) is 4.82. The van der Waals surface area contributed by atoms with Crippen molar-refractivity contribution < 1.29 is 18.1 Å². The lowest BCUT2D eigenvalue weighted by atomic mass is 10.1. The van der Waals surface area contributed by atoms with E-state index in [1.807, 2.05) is 6.07 Å². The van der Waals surface area contributed by atoms with E-state index in [-0.39, 0.29) is 28.4 Å². The van der Waals surface area contributed by atoms with Gasteiger partial charge in [-0.1, -0.05) is 18.2 Å². The number of carbonyl (C=O) groups excluding carboxylic acids is 1. The molecule has 0 bridgehead atoms. The minimum absolute atomic E-state index is 0.0510. The molecule has 0 aliphatic carbocycles. The normalized spacial score (nSPS) is 18.0. The van der Waals surface area contributed by atoms with Crippen LogP contribution in [0.4, 0.5) is 17.1 Å². The number of nitro groups is 1. The topological polar surface area (TPSA) is 110 Å². The molecule has 27 heavy (non-hydrogen) atoms. The van der Waals surface area contributed by atoms with Crippen molar-refractivity contribution in [2.24, 2.45) is 0 Å². The van der Waals surface area contributed by atoms with Crippen LogP contribution in [0, 0.1) is 10.1 Å². The highest BCUT2D eigenvalue weighted by Crippen LogP contribution is 2.29. The number of nitrogens with zero attached hydrogens (tertiary/aromatic N) is 2. The predicted octanol–water partition coefficient (Wildman–Crippen LogP) is 2.60. The first kappa shape index (κ1) is 18.8. The van der Waals surface area contributed by atoms with Crippen LogP contribution < -0.4 is 5.32 Å². The van der Waals surface area contributed by atoms with Gasteiger partial charge >= 0.3 is 0 Å². The molecule has 1 amide bonds. The Balaban J connectivity index is 1.85. The number of nitrogens with one attached hydrogen (secondary N) is 1. The summed E-state index contributed by atoms with van der Waals surface area (Å²) >= 11 is 0. The van der Waals surface area contributed by atoms with Crippen LogP contribution in [0.5, 0.6) is 0 Å². The van der Waals surface area contributed by atoms with Gasteiger partial charge in [0.25, 0.3) is 11.6 Å². The van der Waals surface area contributed by atoms with E-state index in [9.17, 15) is 23.3 Å². The molecule has 1 heterocycles. The van der Waals surface area contributed by atoms with Gasteiger partial charge in [0.2, 0.25) is 0 Å². The molecule has 1 saturated heterocycles. The number of amides is 1. The van der Waals surface area contributed by atoms with Crippen molar-refractivity contribution in [1.82, 2.24) is 4.90 Å². The molecule has 2 aromatic rings. The minimum atomic E-state index is -3.13. The highest BCUT2D eigenvalue weighted by Gasteiger charge is 2.33. The fraction of sp³-hybridized carbons (Fsp3) is 0.278. The Morgan fingerprint density at radius 2 is 1.93 bits per heavy atom. The van der Waals surface area contributed by atoms with E-state index in [1.54, 1.807) is 24.3 Å². The number of hydrogen-bond acceptors (Lipinski definition) is 6. The Morgan fingerprint density at radius 3 is 2.52 bits per heavy atom. The van der Waals surface area contributed by atoms with Crippen LogP contribution in [-0.4, -0.2) is 48.7 Å². The summed E-state index contributed by atoms with van der Waals surface area (Å²) in [5.41, 5.74) is 0.881. The molecular formula is C18H19N3O5S. The Bertz CT molecular complexity index is 976. The molecule has 9 heteroatoms. The van der Waals surface area contributed by atoms with E-state index < -0.39 is 26.7 Å². The van der Waals surface area contributed by atoms with Crippen molar-refractivity contribution in [2.45, 2.75) is 12.5 Å². The minimum Gasteiger partial charge on any atom is -0.350 e. The molecule has 0 saturated carbocycles. The lowest BCUT2D eigenvalue weighted by Gasteiger charge is -2.23. The van der Waals surface area contributed by atoms with Crippen molar-refractivity contribution in [1.29, 1.82) is 0 Å². The van der Waals surface area contributed by atoms with Crippen molar-refractivity contribution in [2.75, 3.05) is 23.9 Å². The summed E-state index contributed by atoms with van der Waals surface area (Å²) in [4.78, 5) is 24.9. The molecule has 1 unspecified atom stereocenters. The largest absolute Gasteiger partial charge is 0.350 e. The van der Waals surface area contributed by atoms with E-state index in [0.717, 1.165) is 0 Å². The lowest BCUT2D eigenvalue weighted by Crippen LogP contribution is -2.37. The third kappa shape index (κ3) is 4.25. The van der Waals surface area contributed by atoms with Crippen molar-refractivity contribution in [3.8, 4) is 0 Å². The number of benzene rings is 2. The summed E-state index contributed by atoms with van der Waals surface area (Å²) in [6.07, 6.45) is 0.375. The van der Waals surface area contributed by atoms with Gasteiger partial charge in [-0.05, 0) is 30.7 Å². The molecule has 8 nitrogen and oxygen atoms in total. The molecule has 1 N–H and O–H groups in total. The van der Waals surface area contributed by atoms with Crippen LogP contribution in [-0.2, 0) is 9.84 Å². The second-order valence-electron chi connectivity index (χ2n) is 6.45. The van der Waals surface area contributed by atoms with E-state index in [0.29, 0.717) is 12.1 Å². The van der Waals surface area contributed by atoms with Gasteiger partial charge in [-0.15, -0.1) is 0 Å². The number of para-hydroxylation sites is 1. The van der Waals surface area contributed by atoms with Gasteiger partial charge in [0.1, 0.15) is 5.69 Å². The summed E-state index contributed by atoms with van der Waals surface area (Å²) in [5, 5.41) is 14.4. The summed E-state index contributed by atoms with van der Waals surface area (Å²) < 4.78 is 23.3. The summed E-state index contributed by atoms with van der Waals surface area (Å²) in [5.74, 6) is -0.466. The van der Waals surface area contributed by atoms with Crippen molar-refractivity contribution >= 4 is 32.8 Å². The maximum absolute atomic E-state index is 12.7. The Morgan fingerprint density at radius 1 is 1.22 bits per heavy atom. The number of rotatable bonds is 5. The van der Waals surface area contributed by atoms with E-state index in [4.69, 9.17) is 0 Å². The lowest BCUT2D eigenvalue weighted by molar-refractivity contribution is -0.383. The summed E-state index contributed by atoms with van der Waals surface area (Å²) in [6.45, 7) is 0. The predicted molar refractivity (Wildman–Crippen MR) is 102 cm³/mol. The average molecular weight is 389 g/mol. The van der Waals surface area contributed by atoms with Gasteiger partial charge in [-0.25, -0.2) is 8.42 Å². The SMILES string of the molecule is CN(C(=O)c1ccc(Nc2ccccc2)c([N+](=O)[O-])c1)C1CCS(=O)(=O)C1. The maximum atomic E-state index is 12.7. The molecule has 1 fully saturated rings. The van der Waals surface area contributed by atoms with Gasteiger partial charge in [0, 0.05) is 30.4 Å². The molecule has 0 spiro atoms. The Labute approximate surface area is 156 Å². The third-order valence-corrected chi connectivity index (χ3v) is 6.32. The van der Waals surface area contributed by atoms with Crippen LogP contribution in [0.1, 0.15) is 16.8 Å². The van der Waals surface area contributed by atoms with Crippen molar-refractivity contribution in [3.63, 3.8) is 0 Å². The molecular weight excluding hydrogens is 370 g/mol.